The van der Waals surface area contributed by atoms with Crippen molar-refractivity contribution in [3.63, 3.8) is 0 Å². The Labute approximate surface area is 194 Å². The lowest BCUT2D eigenvalue weighted by Crippen LogP contribution is -2.31. The van der Waals surface area contributed by atoms with Crippen molar-refractivity contribution >= 4 is 21.9 Å². The lowest BCUT2D eigenvalue weighted by atomic mass is 10.1. The van der Waals surface area contributed by atoms with Crippen molar-refractivity contribution in [3.05, 3.63) is 53.6 Å². The smallest absolute Gasteiger partial charge is 0.338 e. The van der Waals surface area contributed by atoms with Gasteiger partial charge in [-0.3, -0.25) is 4.79 Å². The summed E-state index contributed by atoms with van der Waals surface area (Å²) in [6, 6.07) is 11.1. The second-order valence-electron chi connectivity index (χ2n) is 6.98. The van der Waals surface area contributed by atoms with E-state index in [9.17, 15) is 18.0 Å². The van der Waals surface area contributed by atoms with Crippen LogP contribution in [0.3, 0.4) is 0 Å². The molecule has 0 aliphatic carbocycles. The van der Waals surface area contributed by atoms with Gasteiger partial charge in [-0.05, 0) is 42.3 Å². The number of carbonyl (C=O) groups excluding carboxylic acids is 2. The molecule has 0 saturated heterocycles. The van der Waals surface area contributed by atoms with Crippen molar-refractivity contribution < 1.29 is 32.2 Å². The van der Waals surface area contributed by atoms with E-state index in [1.807, 2.05) is 12.1 Å². The lowest BCUT2D eigenvalue weighted by Gasteiger charge is -2.18. The van der Waals surface area contributed by atoms with Gasteiger partial charge in [0.15, 0.2) is 18.1 Å². The number of carbonyl (C=O) groups is 2. The van der Waals surface area contributed by atoms with Crippen LogP contribution in [0.25, 0.3) is 0 Å². The number of rotatable bonds is 12. The van der Waals surface area contributed by atoms with Gasteiger partial charge in [-0.1, -0.05) is 26.0 Å². The Hall–Kier alpha value is -3.11. The first-order valence-corrected chi connectivity index (χ1v) is 12.0. The minimum absolute atomic E-state index is 0.0000197. The summed E-state index contributed by atoms with van der Waals surface area (Å²) in [5.41, 5.74) is 0.998. The van der Waals surface area contributed by atoms with E-state index in [0.717, 1.165) is 5.56 Å². The fourth-order valence-electron chi connectivity index (χ4n) is 3.14. The molecule has 0 heterocycles. The van der Waals surface area contributed by atoms with Gasteiger partial charge in [0.2, 0.25) is 10.0 Å². The molecule has 0 radical (unpaired) electrons. The predicted octanol–water partition coefficient (Wildman–Crippen LogP) is 2.25. The van der Waals surface area contributed by atoms with Crippen LogP contribution in [0.15, 0.2) is 47.4 Å². The highest BCUT2D eigenvalue weighted by Gasteiger charge is 2.23. The number of hydrogen-bond acceptors (Lipinski definition) is 7. The summed E-state index contributed by atoms with van der Waals surface area (Å²) in [6.07, 6.45) is 0.547. The SMILES string of the molecule is CCN(CC)S(=O)(=O)c1cccc(C(=O)OCC(=O)NCCc2ccc(OC)c(OC)c2)c1. The molecule has 0 atom stereocenters. The lowest BCUT2D eigenvalue weighted by molar-refractivity contribution is -0.124. The van der Waals surface area contributed by atoms with Crippen molar-refractivity contribution in [2.75, 3.05) is 40.5 Å². The Morgan fingerprint density at radius 2 is 1.67 bits per heavy atom. The van der Waals surface area contributed by atoms with Gasteiger partial charge < -0.3 is 19.5 Å². The van der Waals surface area contributed by atoms with E-state index < -0.39 is 28.5 Å². The summed E-state index contributed by atoms with van der Waals surface area (Å²) in [5.74, 6) is -0.0240. The molecule has 2 aromatic carbocycles. The molecule has 2 aromatic rings. The van der Waals surface area contributed by atoms with Gasteiger partial charge in [0, 0.05) is 19.6 Å². The van der Waals surface area contributed by atoms with Crippen LogP contribution in [0.2, 0.25) is 0 Å². The summed E-state index contributed by atoms with van der Waals surface area (Å²) >= 11 is 0. The number of sulfonamides is 1. The number of hydrogen-bond donors (Lipinski definition) is 1. The van der Waals surface area contributed by atoms with Gasteiger partial charge in [0.25, 0.3) is 5.91 Å². The molecule has 0 bridgehead atoms. The molecule has 33 heavy (non-hydrogen) atoms. The highest BCUT2D eigenvalue weighted by molar-refractivity contribution is 7.89. The van der Waals surface area contributed by atoms with Gasteiger partial charge in [-0.2, -0.15) is 4.31 Å². The van der Waals surface area contributed by atoms with E-state index in [2.05, 4.69) is 5.32 Å². The average molecular weight is 479 g/mol. The van der Waals surface area contributed by atoms with Gasteiger partial charge in [0.1, 0.15) is 0 Å². The molecule has 1 N–H and O–H groups in total. The van der Waals surface area contributed by atoms with Gasteiger partial charge in [0.05, 0.1) is 24.7 Å². The molecule has 0 unspecified atom stereocenters. The van der Waals surface area contributed by atoms with Crippen LogP contribution >= 0.6 is 0 Å². The van der Waals surface area contributed by atoms with Crippen molar-refractivity contribution in [2.45, 2.75) is 25.2 Å². The maximum Gasteiger partial charge on any atom is 0.338 e. The fourth-order valence-corrected chi connectivity index (χ4v) is 4.65. The van der Waals surface area contributed by atoms with Gasteiger partial charge in [-0.25, -0.2) is 13.2 Å². The zero-order valence-electron chi connectivity index (χ0n) is 19.3. The molecule has 1 amide bonds. The molecule has 2 rings (SSSR count). The second kappa shape index (κ2) is 12.2. The predicted molar refractivity (Wildman–Crippen MR) is 123 cm³/mol. The van der Waals surface area contributed by atoms with E-state index >= 15 is 0 Å². The van der Waals surface area contributed by atoms with Crippen LogP contribution in [0.4, 0.5) is 0 Å². The highest BCUT2D eigenvalue weighted by atomic mass is 32.2. The summed E-state index contributed by atoms with van der Waals surface area (Å²) in [6.45, 7) is 3.97. The van der Waals surface area contributed by atoms with Crippen LogP contribution in [-0.4, -0.2) is 65.1 Å². The molecule has 10 heteroatoms. The van der Waals surface area contributed by atoms with Gasteiger partial charge >= 0.3 is 5.97 Å². The molecule has 0 spiro atoms. The number of methoxy groups -OCH3 is 2. The standard InChI is InChI=1S/C23H30N2O7S/c1-5-25(6-2)33(28,29)19-9-7-8-18(15-19)23(27)32-16-22(26)24-13-12-17-10-11-20(30-3)21(14-17)31-4/h7-11,14-15H,5-6,12-13,16H2,1-4H3,(H,24,26). The van der Waals surface area contributed by atoms with E-state index in [4.69, 9.17) is 14.2 Å². The molecule has 180 valence electrons. The van der Waals surface area contributed by atoms with E-state index in [1.54, 1.807) is 34.1 Å². The number of ether oxygens (including phenoxy) is 3. The third kappa shape index (κ3) is 6.93. The van der Waals surface area contributed by atoms with Crippen LogP contribution in [-0.2, 0) is 26.0 Å². The quantitative estimate of drug-likeness (QED) is 0.466. The Bertz CT molecular complexity index is 1070. The Balaban J connectivity index is 1.89. The van der Waals surface area contributed by atoms with Crippen LogP contribution in [0, 0.1) is 0 Å². The first-order chi connectivity index (χ1) is 15.8. The zero-order chi connectivity index (χ0) is 24.4. The minimum Gasteiger partial charge on any atom is -0.493 e. The molecule has 0 aliphatic heterocycles. The summed E-state index contributed by atoms with van der Waals surface area (Å²) < 4.78 is 42.1. The average Bonchev–Trinajstić information content (AvgIpc) is 2.83. The molecule has 9 nitrogen and oxygen atoms in total. The second-order valence-corrected chi connectivity index (χ2v) is 8.92. The van der Waals surface area contributed by atoms with Crippen LogP contribution < -0.4 is 14.8 Å². The van der Waals surface area contributed by atoms with Crippen LogP contribution in [0.1, 0.15) is 29.8 Å². The summed E-state index contributed by atoms with van der Waals surface area (Å²) in [5, 5.41) is 2.68. The molecule has 0 saturated carbocycles. The first-order valence-electron chi connectivity index (χ1n) is 10.5. The maximum absolute atomic E-state index is 12.6. The summed E-state index contributed by atoms with van der Waals surface area (Å²) in [4.78, 5) is 24.4. The molecular formula is C23H30N2O7S. The largest absolute Gasteiger partial charge is 0.493 e. The van der Waals surface area contributed by atoms with E-state index in [0.29, 0.717) is 37.6 Å². The zero-order valence-corrected chi connectivity index (χ0v) is 20.1. The maximum atomic E-state index is 12.6. The molecular weight excluding hydrogens is 448 g/mol. The number of esters is 1. The third-order valence-corrected chi connectivity index (χ3v) is 6.98. The number of nitrogens with zero attached hydrogens (tertiary/aromatic N) is 1. The Kier molecular flexibility index (Phi) is 9.68. The van der Waals surface area contributed by atoms with Crippen molar-refractivity contribution in [1.82, 2.24) is 9.62 Å². The van der Waals surface area contributed by atoms with Gasteiger partial charge in [-0.15, -0.1) is 0 Å². The van der Waals surface area contributed by atoms with E-state index in [1.165, 1.54) is 28.6 Å². The normalized spacial score (nSPS) is 11.2. The monoisotopic (exact) mass is 478 g/mol. The molecule has 0 fully saturated rings. The molecule has 0 aromatic heterocycles. The third-order valence-electron chi connectivity index (χ3n) is 4.93. The molecule has 0 aliphatic rings. The Morgan fingerprint density at radius 3 is 2.30 bits per heavy atom. The van der Waals surface area contributed by atoms with E-state index in [-0.39, 0.29) is 10.5 Å². The highest BCUT2D eigenvalue weighted by Crippen LogP contribution is 2.27. The first kappa shape index (κ1) is 26.1. The van der Waals surface area contributed by atoms with Crippen molar-refractivity contribution in [3.8, 4) is 11.5 Å². The van der Waals surface area contributed by atoms with Crippen molar-refractivity contribution in [2.24, 2.45) is 0 Å². The fraction of sp³-hybridized carbons (Fsp3) is 0.391. The topological polar surface area (TPSA) is 111 Å². The van der Waals surface area contributed by atoms with Crippen molar-refractivity contribution in [1.29, 1.82) is 0 Å². The number of nitrogens with one attached hydrogen (secondary N) is 1. The summed E-state index contributed by atoms with van der Waals surface area (Å²) in [7, 11) is -0.604. The number of amides is 1. The van der Waals surface area contributed by atoms with Crippen LogP contribution in [0.5, 0.6) is 11.5 Å². The Morgan fingerprint density at radius 1 is 0.970 bits per heavy atom. The number of benzene rings is 2. The minimum atomic E-state index is -3.71.